The molecule has 0 heterocycles. The number of carbonyl (C=O) groups excluding carboxylic acids is 1. The van der Waals surface area contributed by atoms with Crippen LogP contribution in [0, 0.1) is 0 Å². The van der Waals surface area contributed by atoms with Crippen LogP contribution in [0.5, 0.6) is 5.75 Å². The van der Waals surface area contributed by atoms with Crippen LogP contribution in [0.3, 0.4) is 0 Å². The second-order valence-electron chi connectivity index (χ2n) is 3.40. The molecule has 1 atom stereocenters. The molecule has 0 radical (unpaired) electrons. The van der Waals surface area contributed by atoms with E-state index in [1.165, 1.54) is 13.2 Å². The Morgan fingerprint density at radius 1 is 1.62 bits per heavy atom. The Bertz CT molecular complexity index is 379. The van der Waals surface area contributed by atoms with Gasteiger partial charge in [0.2, 0.25) is 0 Å². The minimum Gasteiger partial charge on any atom is -0.496 e. The highest BCUT2D eigenvalue weighted by atomic mass is 35.5. The van der Waals surface area contributed by atoms with Crippen LogP contribution in [0.2, 0.25) is 5.02 Å². The van der Waals surface area contributed by atoms with E-state index in [0.717, 1.165) is 0 Å². The third kappa shape index (κ3) is 3.40. The fourth-order valence-electron chi connectivity index (χ4n) is 1.19. The molecule has 5 heteroatoms. The van der Waals surface area contributed by atoms with Crippen molar-refractivity contribution in [2.45, 2.75) is 13.0 Å². The molecule has 1 rings (SSSR count). The summed E-state index contributed by atoms with van der Waals surface area (Å²) >= 11 is 5.80. The van der Waals surface area contributed by atoms with Crippen LogP contribution in [0.25, 0.3) is 0 Å². The summed E-state index contributed by atoms with van der Waals surface area (Å²) in [5.74, 6) is 0.132. The first-order chi connectivity index (χ1) is 7.54. The van der Waals surface area contributed by atoms with Crippen molar-refractivity contribution in [3.8, 4) is 5.75 Å². The van der Waals surface area contributed by atoms with Crippen molar-refractivity contribution in [2.75, 3.05) is 13.7 Å². The summed E-state index contributed by atoms with van der Waals surface area (Å²) < 4.78 is 5.05. The van der Waals surface area contributed by atoms with Gasteiger partial charge in [0, 0.05) is 11.6 Å². The lowest BCUT2D eigenvalue weighted by Crippen LogP contribution is -2.30. The number of halogens is 1. The van der Waals surface area contributed by atoms with Gasteiger partial charge >= 0.3 is 0 Å². The van der Waals surface area contributed by atoms with Crippen molar-refractivity contribution in [1.29, 1.82) is 0 Å². The molecule has 0 saturated heterocycles. The fourth-order valence-corrected chi connectivity index (χ4v) is 1.37. The topological polar surface area (TPSA) is 58.6 Å². The smallest absolute Gasteiger partial charge is 0.255 e. The van der Waals surface area contributed by atoms with Crippen molar-refractivity contribution in [1.82, 2.24) is 5.32 Å². The molecule has 0 aliphatic rings. The van der Waals surface area contributed by atoms with Crippen molar-refractivity contribution >= 4 is 17.5 Å². The van der Waals surface area contributed by atoms with E-state index in [-0.39, 0.29) is 12.5 Å². The van der Waals surface area contributed by atoms with Gasteiger partial charge in [0.05, 0.1) is 18.8 Å². The molecule has 0 aliphatic heterocycles. The van der Waals surface area contributed by atoms with E-state index in [9.17, 15) is 4.79 Å². The van der Waals surface area contributed by atoms with E-state index >= 15 is 0 Å². The first kappa shape index (κ1) is 12.8. The number of amides is 1. The number of rotatable bonds is 4. The molecule has 88 valence electrons. The molecule has 0 spiro atoms. The van der Waals surface area contributed by atoms with E-state index in [0.29, 0.717) is 16.3 Å². The van der Waals surface area contributed by atoms with E-state index in [1.807, 2.05) is 0 Å². The third-order valence-electron chi connectivity index (χ3n) is 1.96. The number of hydrogen-bond donors (Lipinski definition) is 2. The van der Waals surface area contributed by atoms with Gasteiger partial charge in [-0.15, -0.1) is 0 Å². The zero-order chi connectivity index (χ0) is 12.1. The number of nitrogens with one attached hydrogen (secondary N) is 1. The highest BCUT2D eigenvalue weighted by molar-refractivity contribution is 6.31. The molecule has 1 unspecified atom stereocenters. The number of hydrogen-bond acceptors (Lipinski definition) is 3. The number of carbonyl (C=O) groups is 1. The summed E-state index contributed by atoms with van der Waals surface area (Å²) in [6.45, 7) is 1.78. The minimum absolute atomic E-state index is 0.189. The summed E-state index contributed by atoms with van der Waals surface area (Å²) in [6, 6.07) is 4.79. The maximum Gasteiger partial charge on any atom is 0.255 e. The Hall–Kier alpha value is -1.26. The SMILES string of the molecule is COc1ccc(Cl)cc1C(=O)NCC(C)O. The summed E-state index contributed by atoms with van der Waals surface area (Å²) in [6.07, 6.45) is -0.589. The lowest BCUT2D eigenvalue weighted by Gasteiger charge is -2.10. The molecule has 2 N–H and O–H groups in total. The average molecular weight is 244 g/mol. The lowest BCUT2D eigenvalue weighted by atomic mass is 10.2. The van der Waals surface area contributed by atoms with Crippen LogP contribution >= 0.6 is 11.6 Å². The van der Waals surface area contributed by atoms with Crippen LogP contribution in [0.15, 0.2) is 18.2 Å². The molecule has 1 amide bonds. The van der Waals surface area contributed by atoms with Crippen LogP contribution in [0.1, 0.15) is 17.3 Å². The maximum atomic E-state index is 11.7. The quantitative estimate of drug-likeness (QED) is 0.842. The second kappa shape index (κ2) is 5.72. The molecule has 0 bridgehead atoms. The van der Waals surface area contributed by atoms with Crippen LogP contribution in [-0.2, 0) is 0 Å². The van der Waals surface area contributed by atoms with Gasteiger partial charge in [0.1, 0.15) is 5.75 Å². The van der Waals surface area contributed by atoms with Crippen molar-refractivity contribution in [2.24, 2.45) is 0 Å². The largest absolute Gasteiger partial charge is 0.496 e. The van der Waals surface area contributed by atoms with Gasteiger partial charge in [-0.05, 0) is 25.1 Å². The van der Waals surface area contributed by atoms with Gasteiger partial charge in [0.15, 0.2) is 0 Å². The first-order valence-corrected chi connectivity index (χ1v) is 5.22. The zero-order valence-corrected chi connectivity index (χ0v) is 9.91. The Kier molecular flexibility index (Phi) is 4.58. The second-order valence-corrected chi connectivity index (χ2v) is 3.84. The minimum atomic E-state index is -0.589. The van der Waals surface area contributed by atoms with Gasteiger partial charge in [0.25, 0.3) is 5.91 Å². The molecule has 4 nitrogen and oxygen atoms in total. The summed E-state index contributed by atoms with van der Waals surface area (Å²) in [5.41, 5.74) is 0.357. The summed E-state index contributed by atoms with van der Waals surface area (Å²) in [7, 11) is 1.48. The number of aliphatic hydroxyl groups excluding tert-OH is 1. The summed E-state index contributed by atoms with van der Waals surface area (Å²) in [4.78, 5) is 11.7. The van der Waals surface area contributed by atoms with Crippen molar-refractivity contribution in [3.63, 3.8) is 0 Å². The standard InChI is InChI=1S/C11H14ClNO3/c1-7(14)6-13-11(15)9-5-8(12)3-4-10(9)16-2/h3-5,7,14H,6H2,1-2H3,(H,13,15). The number of ether oxygens (including phenoxy) is 1. The van der Waals surface area contributed by atoms with Crippen LogP contribution in [-0.4, -0.2) is 30.8 Å². The van der Waals surface area contributed by atoms with Gasteiger partial charge in [-0.3, -0.25) is 4.79 Å². The molecule has 0 aliphatic carbocycles. The Balaban J connectivity index is 2.84. The van der Waals surface area contributed by atoms with Crippen molar-refractivity contribution < 1.29 is 14.6 Å². The van der Waals surface area contributed by atoms with Gasteiger partial charge in [-0.25, -0.2) is 0 Å². The normalized spacial score (nSPS) is 12.0. The number of methoxy groups -OCH3 is 1. The Labute approximate surface area is 99.2 Å². The van der Waals surface area contributed by atoms with Gasteiger partial charge in [-0.2, -0.15) is 0 Å². The predicted octanol–water partition coefficient (Wildman–Crippen LogP) is 1.46. The average Bonchev–Trinajstić information content (AvgIpc) is 2.25. The highest BCUT2D eigenvalue weighted by Gasteiger charge is 2.12. The van der Waals surface area contributed by atoms with E-state index in [1.54, 1.807) is 19.1 Å². The molecule has 0 saturated carbocycles. The molecule has 16 heavy (non-hydrogen) atoms. The molecular formula is C11H14ClNO3. The Morgan fingerprint density at radius 3 is 2.88 bits per heavy atom. The molecule has 0 fully saturated rings. The third-order valence-corrected chi connectivity index (χ3v) is 2.20. The first-order valence-electron chi connectivity index (χ1n) is 4.84. The Morgan fingerprint density at radius 2 is 2.31 bits per heavy atom. The summed E-state index contributed by atoms with van der Waals surface area (Å²) in [5, 5.41) is 12.1. The molecular weight excluding hydrogens is 230 g/mol. The molecule has 0 aromatic heterocycles. The van der Waals surface area contributed by atoms with Crippen molar-refractivity contribution in [3.05, 3.63) is 28.8 Å². The van der Waals surface area contributed by atoms with E-state index in [2.05, 4.69) is 5.32 Å². The monoisotopic (exact) mass is 243 g/mol. The van der Waals surface area contributed by atoms with E-state index in [4.69, 9.17) is 21.4 Å². The van der Waals surface area contributed by atoms with Gasteiger partial charge < -0.3 is 15.2 Å². The van der Waals surface area contributed by atoms with E-state index < -0.39 is 6.10 Å². The predicted molar refractivity (Wildman–Crippen MR) is 62.0 cm³/mol. The fraction of sp³-hybridized carbons (Fsp3) is 0.364. The molecule has 1 aromatic rings. The number of aliphatic hydroxyl groups is 1. The maximum absolute atomic E-state index is 11.7. The van der Waals surface area contributed by atoms with Crippen LogP contribution < -0.4 is 10.1 Å². The number of benzene rings is 1. The lowest BCUT2D eigenvalue weighted by molar-refractivity contribution is 0.0921. The highest BCUT2D eigenvalue weighted by Crippen LogP contribution is 2.22. The zero-order valence-electron chi connectivity index (χ0n) is 9.16. The van der Waals surface area contributed by atoms with Gasteiger partial charge in [-0.1, -0.05) is 11.6 Å². The van der Waals surface area contributed by atoms with Crippen LogP contribution in [0.4, 0.5) is 0 Å². The molecule has 1 aromatic carbocycles.